The molecule has 0 radical (unpaired) electrons. The van der Waals surface area contributed by atoms with E-state index in [9.17, 15) is 0 Å². The summed E-state index contributed by atoms with van der Waals surface area (Å²) in [6, 6.07) is 4.12. The molecule has 1 atom stereocenters. The summed E-state index contributed by atoms with van der Waals surface area (Å²) >= 11 is 7.42. The molecule has 0 aliphatic carbocycles. The van der Waals surface area contributed by atoms with E-state index in [1.165, 1.54) is 4.88 Å². The molecule has 80 valence electrons. The van der Waals surface area contributed by atoms with Gasteiger partial charge in [0.05, 0.1) is 17.0 Å². The predicted molar refractivity (Wildman–Crippen MR) is 61.7 cm³/mol. The van der Waals surface area contributed by atoms with Crippen LogP contribution in [0.15, 0.2) is 12.1 Å². The molecule has 1 unspecified atom stereocenters. The van der Waals surface area contributed by atoms with Gasteiger partial charge in [0, 0.05) is 4.88 Å². The van der Waals surface area contributed by atoms with E-state index in [2.05, 4.69) is 26.3 Å². The molecule has 0 bridgehead atoms. The fourth-order valence-electron chi connectivity index (χ4n) is 0.959. The smallest absolute Gasteiger partial charge is 0.0931 e. The molecule has 1 heterocycles. The van der Waals surface area contributed by atoms with Gasteiger partial charge in [0.15, 0.2) is 0 Å². The number of nitrogens with one attached hydrogen (secondary N) is 1. The number of hydrogen-bond donors (Lipinski definition) is 1. The third kappa shape index (κ3) is 3.96. The average molecular weight is 234 g/mol. The lowest BCUT2D eigenvalue weighted by Crippen LogP contribution is -2.20. The van der Waals surface area contributed by atoms with Crippen LogP contribution in [-0.2, 0) is 4.84 Å². The highest BCUT2D eigenvalue weighted by molar-refractivity contribution is 7.16. The van der Waals surface area contributed by atoms with E-state index in [-0.39, 0.29) is 6.04 Å². The molecule has 0 amide bonds. The van der Waals surface area contributed by atoms with E-state index in [0.717, 1.165) is 10.9 Å². The summed E-state index contributed by atoms with van der Waals surface area (Å²) in [6.45, 7) is 7.02. The summed E-state index contributed by atoms with van der Waals surface area (Å²) in [5.74, 6) is 0.543. The molecule has 4 heteroatoms. The van der Waals surface area contributed by atoms with Gasteiger partial charge in [-0.25, -0.2) is 0 Å². The molecule has 2 nitrogen and oxygen atoms in total. The van der Waals surface area contributed by atoms with Gasteiger partial charge >= 0.3 is 0 Å². The summed E-state index contributed by atoms with van der Waals surface area (Å²) in [5, 5.41) is 0. The molecule has 0 fully saturated rings. The zero-order valence-corrected chi connectivity index (χ0v) is 10.3. The lowest BCUT2D eigenvalue weighted by Gasteiger charge is -2.13. The molecule has 1 rings (SSSR count). The van der Waals surface area contributed by atoms with Crippen LogP contribution in [0, 0.1) is 5.92 Å². The van der Waals surface area contributed by atoms with Gasteiger partial charge in [0.2, 0.25) is 0 Å². The van der Waals surface area contributed by atoms with E-state index in [4.69, 9.17) is 16.4 Å². The molecule has 0 aromatic carbocycles. The molecule has 0 saturated carbocycles. The van der Waals surface area contributed by atoms with Crippen molar-refractivity contribution in [1.82, 2.24) is 5.48 Å². The molecular weight excluding hydrogens is 218 g/mol. The van der Waals surface area contributed by atoms with Crippen LogP contribution < -0.4 is 5.48 Å². The molecular formula is C10H16ClNOS. The first kappa shape index (κ1) is 12.0. The molecule has 1 aromatic rings. The molecule has 0 aliphatic rings. The van der Waals surface area contributed by atoms with Crippen LogP contribution in [0.1, 0.15) is 31.7 Å². The van der Waals surface area contributed by atoms with Crippen molar-refractivity contribution in [2.45, 2.75) is 26.8 Å². The van der Waals surface area contributed by atoms with Crippen molar-refractivity contribution >= 4 is 22.9 Å². The van der Waals surface area contributed by atoms with Crippen LogP contribution in [0.3, 0.4) is 0 Å². The van der Waals surface area contributed by atoms with Gasteiger partial charge in [0.25, 0.3) is 0 Å². The Hall–Kier alpha value is -0.0900. The summed E-state index contributed by atoms with van der Waals surface area (Å²) < 4.78 is 0.817. The number of halogens is 1. The second-order valence-corrected chi connectivity index (χ2v) is 5.43. The first-order chi connectivity index (χ1) is 6.59. The second-order valence-electron chi connectivity index (χ2n) is 3.69. The molecule has 0 saturated heterocycles. The molecule has 14 heavy (non-hydrogen) atoms. The monoisotopic (exact) mass is 233 g/mol. The van der Waals surface area contributed by atoms with E-state index in [0.29, 0.717) is 5.92 Å². The Morgan fingerprint density at radius 1 is 1.43 bits per heavy atom. The summed E-state index contributed by atoms with van der Waals surface area (Å²) in [5.41, 5.74) is 3.00. The summed E-state index contributed by atoms with van der Waals surface area (Å²) in [7, 11) is 0. The Morgan fingerprint density at radius 3 is 2.64 bits per heavy atom. The second kappa shape index (κ2) is 5.71. The predicted octanol–water partition coefficient (Wildman–Crippen LogP) is 3.64. The highest BCUT2D eigenvalue weighted by atomic mass is 35.5. The van der Waals surface area contributed by atoms with Gasteiger partial charge in [-0.1, -0.05) is 25.4 Å². The molecule has 0 spiro atoms. The van der Waals surface area contributed by atoms with Gasteiger partial charge in [-0.15, -0.1) is 11.3 Å². The summed E-state index contributed by atoms with van der Waals surface area (Å²) in [6.07, 6.45) is 0. The van der Waals surface area contributed by atoms with Crippen LogP contribution in [0.5, 0.6) is 0 Å². The first-order valence-corrected chi connectivity index (χ1v) is 5.91. The Bertz CT molecular complexity index is 275. The van der Waals surface area contributed by atoms with Crippen LogP contribution in [0.2, 0.25) is 4.34 Å². The maximum absolute atomic E-state index is 5.84. The quantitative estimate of drug-likeness (QED) is 0.785. The first-order valence-electron chi connectivity index (χ1n) is 4.72. The van der Waals surface area contributed by atoms with Crippen LogP contribution in [0.4, 0.5) is 0 Å². The van der Waals surface area contributed by atoms with E-state index < -0.39 is 0 Å². The van der Waals surface area contributed by atoms with Crippen molar-refractivity contribution in [3.8, 4) is 0 Å². The minimum atomic E-state index is 0.200. The maximum atomic E-state index is 5.84. The van der Waals surface area contributed by atoms with E-state index in [1.807, 2.05) is 12.1 Å². The van der Waals surface area contributed by atoms with Gasteiger partial charge < -0.3 is 4.84 Å². The minimum absolute atomic E-state index is 0.200. The normalized spacial score (nSPS) is 13.5. The number of rotatable bonds is 5. The third-order valence-electron chi connectivity index (χ3n) is 1.70. The zero-order valence-electron chi connectivity index (χ0n) is 8.71. The SMILES string of the molecule is CC(C)CONC(C)c1ccc(Cl)s1. The molecule has 1 aromatic heterocycles. The highest BCUT2D eigenvalue weighted by Crippen LogP contribution is 2.26. The van der Waals surface area contributed by atoms with Crippen LogP contribution in [0.25, 0.3) is 0 Å². The van der Waals surface area contributed by atoms with Crippen molar-refractivity contribution in [2.24, 2.45) is 5.92 Å². The summed E-state index contributed by atoms with van der Waals surface area (Å²) in [4.78, 5) is 6.53. The van der Waals surface area contributed by atoms with E-state index >= 15 is 0 Å². The fourth-order valence-corrected chi connectivity index (χ4v) is 2.01. The topological polar surface area (TPSA) is 21.3 Å². The number of thiophene rings is 1. The lowest BCUT2D eigenvalue weighted by molar-refractivity contribution is 0.00478. The standard InChI is InChI=1S/C10H16ClNOS/c1-7(2)6-13-12-8(3)9-4-5-10(11)14-9/h4-5,7-8,12H,6H2,1-3H3. The van der Waals surface area contributed by atoms with Gasteiger partial charge in [-0.05, 0) is 25.0 Å². The minimum Gasteiger partial charge on any atom is -0.301 e. The fraction of sp³-hybridized carbons (Fsp3) is 0.600. The van der Waals surface area contributed by atoms with Crippen molar-refractivity contribution < 1.29 is 4.84 Å². The maximum Gasteiger partial charge on any atom is 0.0931 e. The van der Waals surface area contributed by atoms with Crippen molar-refractivity contribution in [3.63, 3.8) is 0 Å². The Morgan fingerprint density at radius 2 is 2.14 bits per heavy atom. The number of hydrogen-bond acceptors (Lipinski definition) is 3. The largest absolute Gasteiger partial charge is 0.301 e. The van der Waals surface area contributed by atoms with Gasteiger partial charge in [0.1, 0.15) is 0 Å². The van der Waals surface area contributed by atoms with Crippen molar-refractivity contribution in [3.05, 3.63) is 21.3 Å². The van der Waals surface area contributed by atoms with Crippen LogP contribution in [-0.4, -0.2) is 6.61 Å². The molecule has 1 N–H and O–H groups in total. The average Bonchev–Trinajstić information content (AvgIpc) is 2.51. The highest BCUT2D eigenvalue weighted by Gasteiger charge is 2.07. The zero-order chi connectivity index (χ0) is 10.6. The van der Waals surface area contributed by atoms with Gasteiger partial charge in [-0.3, -0.25) is 0 Å². The number of hydroxylamine groups is 1. The third-order valence-corrected chi connectivity index (χ3v) is 3.11. The molecule has 0 aliphatic heterocycles. The lowest BCUT2D eigenvalue weighted by atomic mass is 10.2. The Kier molecular flexibility index (Phi) is 4.89. The Balaban J connectivity index is 2.32. The van der Waals surface area contributed by atoms with Crippen LogP contribution >= 0.6 is 22.9 Å². The van der Waals surface area contributed by atoms with Crippen molar-refractivity contribution in [2.75, 3.05) is 6.61 Å². The Labute approximate surface area is 94.2 Å². The van der Waals surface area contributed by atoms with E-state index in [1.54, 1.807) is 11.3 Å². The van der Waals surface area contributed by atoms with Crippen molar-refractivity contribution in [1.29, 1.82) is 0 Å². The van der Waals surface area contributed by atoms with Gasteiger partial charge in [-0.2, -0.15) is 5.48 Å².